The van der Waals surface area contributed by atoms with Crippen molar-refractivity contribution in [2.75, 3.05) is 10.0 Å². The number of aryl methyl sites for hydroxylation is 2. The number of benzene rings is 2. The minimum absolute atomic E-state index is 0.0355. The topological polar surface area (TPSA) is 108 Å². The predicted octanol–water partition coefficient (Wildman–Crippen LogP) is 4.62. The number of nitrogens with zero attached hydrogens (tertiary/aromatic N) is 1. The van der Waals surface area contributed by atoms with Crippen LogP contribution in [0.1, 0.15) is 20.9 Å². The minimum Gasteiger partial charge on any atom is -0.515 e. The van der Waals surface area contributed by atoms with E-state index in [1.54, 1.807) is 43.3 Å². The summed E-state index contributed by atoms with van der Waals surface area (Å²) in [5, 5.41) is 12.6. The molecular weight excluding hydrogens is 454 g/mol. The van der Waals surface area contributed by atoms with Gasteiger partial charge in [-0.1, -0.05) is 59.4 Å². The van der Waals surface area contributed by atoms with Crippen LogP contribution in [-0.2, 0) is 10.0 Å². The van der Waals surface area contributed by atoms with Gasteiger partial charge in [-0.3, -0.25) is 9.52 Å². The van der Waals surface area contributed by atoms with Crippen LogP contribution in [0.15, 0.2) is 71.3 Å². The Hall–Kier alpha value is -3.08. The number of para-hydroxylation sites is 1. The molecule has 0 unspecified atom stereocenters. The maximum Gasteiger partial charge on any atom is 0.263 e. The van der Waals surface area contributed by atoms with Crippen LogP contribution in [0.25, 0.3) is 0 Å². The number of aromatic nitrogens is 1. The lowest BCUT2D eigenvalue weighted by Crippen LogP contribution is -2.19. The van der Waals surface area contributed by atoms with E-state index >= 15 is 0 Å². The smallest absolute Gasteiger partial charge is 0.263 e. The van der Waals surface area contributed by atoms with Crippen LogP contribution in [0.5, 0.6) is 0 Å². The number of Topliss-reactive ketones (excluding diaryl/α,β-unsaturated/α-hetero) is 1. The third kappa shape index (κ3) is 5.35. The standard InChI is InChI=1S/C21H19N3O4S3/c1-13-8-10-16(11-9-13)31(27,28)24-21-22-14(2)19(30-21)18(26)17(12-25)20(29)23-15-6-4-3-5-7-15/h3-12,25H,1-2H3,(H,22,24)(H,23,29)/b17-12-. The van der Waals surface area contributed by atoms with Gasteiger partial charge in [0, 0.05) is 5.69 Å². The first-order valence-electron chi connectivity index (χ1n) is 9.03. The lowest BCUT2D eigenvalue weighted by molar-refractivity contribution is 0.104. The van der Waals surface area contributed by atoms with Crippen molar-refractivity contribution >= 4 is 55.2 Å². The molecule has 0 aliphatic rings. The molecule has 31 heavy (non-hydrogen) atoms. The van der Waals surface area contributed by atoms with Crippen LogP contribution in [0.3, 0.4) is 0 Å². The second kappa shape index (κ2) is 9.38. The van der Waals surface area contributed by atoms with Crippen molar-refractivity contribution in [1.29, 1.82) is 0 Å². The van der Waals surface area contributed by atoms with Gasteiger partial charge in [0.2, 0.25) is 5.78 Å². The highest BCUT2D eigenvalue weighted by molar-refractivity contribution is 7.93. The van der Waals surface area contributed by atoms with Crippen LogP contribution >= 0.6 is 23.6 Å². The van der Waals surface area contributed by atoms with E-state index in [4.69, 9.17) is 12.2 Å². The van der Waals surface area contributed by atoms with Crippen LogP contribution in [0, 0.1) is 13.8 Å². The molecular formula is C21H19N3O4S3. The average Bonchev–Trinajstić information content (AvgIpc) is 3.08. The summed E-state index contributed by atoms with van der Waals surface area (Å²) in [6.45, 7) is 3.44. The number of sulfonamides is 1. The molecule has 0 aliphatic heterocycles. The summed E-state index contributed by atoms with van der Waals surface area (Å²) < 4.78 is 27.6. The monoisotopic (exact) mass is 473 g/mol. The maximum absolute atomic E-state index is 13.0. The molecule has 1 heterocycles. The Kier molecular flexibility index (Phi) is 6.84. The molecule has 1 aromatic heterocycles. The quantitative estimate of drug-likeness (QED) is 0.199. The normalized spacial score (nSPS) is 11.7. The van der Waals surface area contributed by atoms with Gasteiger partial charge in [0.25, 0.3) is 10.0 Å². The predicted molar refractivity (Wildman–Crippen MR) is 127 cm³/mol. The largest absolute Gasteiger partial charge is 0.515 e. The summed E-state index contributed by atoms with van der Waals surface area (Å²) in [5.41, 5.74) is 1.78. The van der Waals surface area contributed by atoms with Gasteiger partial charge >= 0.3 is 0 Å². The van der Waals surface area contributed by atoms with Gasteiger partial charge in [0.05, 0.1) is 22.4 Å². The summed E-state index contributed by atoms with van der Waals surface area (Å²) in [6.07, 6.45) is 0.635. The van der Waals surface area contributed by atoms with Crippen LogP contribution in [-0.4, -0.2) is 29.3 Å². The van der Waals surface area contributed by atoms with Crippen molar-refractivity contribution in [1.82, 2.24) is 4.98 Å². The molecule has 3 rings (SSSR count). The first kappa shape index (κ1) is 22.6. The molecule has 0 atom stereocenters. The zero-order valence-corrected chi connectivity index (χ0v) is 19.1. The maximum atomic E-state index is 13.0. The molecule has 0 fully saturated rings. The Bertz CT molecular complexity index is 1250. The number of thiazole rings is 1. The highest BCUT2D eigenvalue weighted by Crippen LogP contribution is 2.28. The highest BCUT2D eigenvalue weighted by atomic mass is 32.2. The third-order valence-corrected chi connectivity index (χ3v) is 7.08. The van der Waals surface area contributed by atoms with E-state index in [0.29, 0.717) is 17.6 Å². The highest BCUT2D eigenvalue weighted by Gasteiger charge is 2.24. The molecule has 0 aliphatic carbocycles. The Morgan fingerprint density at radius 1 is 1.10 bits per heavy atom. The van der Waals surface area contributed by atoms with Crippen molar-refractivity contribution in [2.24, 2.45) is 0 Å². The summed E-state index contributed by atoms with van der Waals surface area (Å²) in [4.78, 5) is 17.4. The van der Waals surface area contributed by atoms with Crippen LogP contribution < -0.4 is 10.0 Å². The number of ketones is 1. The van der Waals surface area contributed by atoms with Gasteiger partial charge in [-0.25, -0.2) is 13.4 Å². The molecule has 0 saturated carbocycles. The molecule has 0 bridgehead atoms. The van der Waals surface area contributed by atoms with Gasteiger partial charge in [-0.2, -0.15) is 0 Å². The van der Waals surface area contributed by atoms with E-state index in [1.807, 2.05) is 13.0 Å². The zero-order valence-electron chi connectivity index (χ0n) is 16.6. The number of carbonyl (C=O) groups is 1. The second-order valence-electron chi connectivity index (χ2n) is 6.54. The number of hydrogen-bond donors (Lipinski definition) is 3. The van der Waals surface area contributed by atoms with Gasteiger partial charge in [0.15, 0.2) is 5.13 Å². The van der Waals surface area contributed by atoms with Gasteiger partial charge < -0.3 is 10.4 Å². The molecule has 10 heteroatoms. The third-order valence-electron chi connectivity index (χ3n) is 4.21. The first-order valence-corrected chi connectivity index (χ1v) is 11.7. The van der Waals surface area contributed by atoms with Crippen molar-refractivity contribution in [2.45, 2.75) is 18.7 Å². The second-order valence-corrected chi connectivity index (χ2v) is 9.63. The molecule has 3 N–H and O–H groups in total. The Morgan fingerprint density at radius 3 is 2.35 bits per heavy atom. The van der Waals surface area contributed by atoms with Crippen molar-refractivity contribution in [3.8, 4) is 0 Å². The Morgan fingerprint density at radius 2 is 1.74 bits per heavy atom. The fraction of sp³-hybridized carbons (Fsp3) is 0.0952. The number of carbonyl (C=O) groups excluding carboxylic acids is 1. The molecule has 0 spiro atoms. The molecule has 0 saturated heterocycles. The van der Waals surface area contributed by atoms with Gasteiger partial charge in [-0.05, 0) is 38.1 Å². The molecule has 7 nitrogen and oxygen atoms in total. The number of hydrogen-bond acceptors (Lipinski definition) is 7. The average molecular weight is 474 g/mol. The van der Waals surface area contributed by atoms with E-state index < -0.39 is 15.8 Å². The fourth-order valence-electron chi connectivity index (χ4n) is 2.60. The SMILES string of the molecule is Cc1ccc(S(=O)(=O)Nc2nc(C)c(C(=O)/C(=C/O)C(=S)Nc3ccccc3)s2)cc1. The number of aliphatic hydroxyl groups excluding tert-OH is 1. The van der Waals surface area contributed by atoms with Crippen molar-refractivity contribution < 1.29 is 18.3 Å². The van der Waals surface area contributed by atoms with E-state index in [0.717, 1.165) is 16.9 Å². The molecule has 3 aromatic rings. The van der Waals surface area contributed by atoms with Gasteiger partial charge in [-0.15, -0.1) is 0 Å². The van der Waals surface area contributed by atoms with Gasteiger partial charge in [0.1, 0.15) is 9.87 Å². The lowest BCUT2D eigenvalue weighted by Gasteiger charge is -2.09. The summed E-state index contributed by atoms with van der Waals surface area (Å²) in [5.74, 6) is -0.563. The molecule has 160 valence electrons. The fourth-order valence-corrected chi connectivity index (χ4v) is 5.02. The van der Waals surface area contributed by atoms with Crippen molar-refractivity contribution in [3.63, 3.8) is 0 Å². The molecule has 2 aromatic carbocycles. The van der Waals surface area contributed by atoms with Crippen LogP contribution in [0.2, 0.25) is 0 Å². The lowest BCUT2D eigenvalue weighted by atomic mass is 10.1. The van der Waals surface area contributed by atoms with Crippen LogP contribution in [0.4, 0.5) is 10.8 Å². The Balaban J connectivity index is 1.81. The molecule has 0 radical (unpaired) electrons. The zero-order chi connectivity index (χ0) is 22.6. The molecule has 0 amide bonds. The first-order chi connectivity index (χ1) is 14.7. The van der Waals surface area contributed by atoms with Crippen molar-refractivity contribution in [3.05, 3.63) is 82.6 Å². The van der Waals surface area contributed by atoms with E-state index in [1.165, 1.54) is 12.1 Å². The summed E-state index contributed by atoms with van der Waals surface area (Å²) in [6, 6.07) is 15.3. The number of nitrogens with one attached hydrogen (secondary N) is 2. The Labute approximate surface area is 189 Å². The van der Waals surface area contributed by atoms with E-state index in [2.05, 4.69) is 15.0 Å². The number of thiocarbonyl (C=S) groups is 1. The van der Waals surface area contributed by atoms with E-state index in [-0.39, 0.29) is 25.5 Å². The number of aliphatic hydroxyl groups is 1. The minimum atomic E-state index is -3.86. The van der Waals surface area contributed by atoms with E-state index in [9.17, 15) is 18.3 Å². The summed E-state index contributed by atoms with van der Waals surface area (Å²) in [7, 11) is -3.86. The number of rotatable bonds is 7. The number of anilines is 2. The summed E-state index contributed by atoms with van der Waals surface area (Å²) >= 11 is 6.13.